The van der Waals surface area contributed by atoms with E-state index in [1.54, 1.807) is 0 Å². The topological polar surface area (TPSA) is 46.2 Å². The molecule has 0 saturated carbocycles. The maximum atomic E-state index is 12.8. The molecule has 0 aliphatic carbocycles. The number of Topliss-reactive ketones (excluding diaryl/α,β-unsaturated/α-hetero) is 1. The number of benzene rings is 1. The van der Waals surface area contributed by atoms with E-state index >= 15 is 0 Å². The van der Waals surface area contributed by atoms with Gasteiger partial charge < -0.3 is 5.32 Å². The first-order valence-electron chi connectivity index (χ1n) is 6.73. The van der Waals surface area contributed by atoms with E-state index in [1.807, 2.05) is 0 Å². The highest BCUT2D eigenvalue weighted by molar-refractivity contribution is 6.28. The van der Waals surface area contributed by atoms with Crippen LogP contribution in [0.1, 0.15) is 43.0 Å². The molecule has 1 aromatic rings. The quantitative estimate of drug-likeness (QED) is 0.591. The highest BCUT2D eigenvalue weighted by Gasteiger charge is 2.20. The number of ketones is 1. The van der Waals surface area contributed by atoms with Crippen molar-refractivity contribution >= 4 is 23.3 Å². The summed E-state index contributed by atoms with van der Waals surface area (Å²) in [5.74, 6) is -1.11. The molecule has 0 aromatic heterocycles. The first kappa shape index (κ1) is 16.6. The molecular formula is C15H19ClFNO2. The van der Waals surface area contributed by atoms with E-state index < -0.39 is 11.9 Å². The number of nitrogens with one attached hydrogen (secondary N) is 1. The Morgan fingerprint density at radius 2 is 1.90 bits per heavy atom. The summed E-state index contributed by atoms with van der Waals surface area (Å²) in [6, 6.07) is 4.63. The van der Waals surface area contributed by atoms with Gasteiger partial charge in [0.1, 0.15) is 5.82 Å². The summed E-state index contributed by atoms with van der Waals surface area (Å²) < 4.78 is 12.8. The van der Waals surface area contributed by atoms with Crippen molar-refractivity contribution in [2.24, 2.45) is 0 Å². The maximum Gasteiger partial charge on any atom is 0.251 e. The summed E-state index contributed by atoms with van der Waals surface area (Å²) in [6.45, 7) is 2.06. The largest absolute Gasteiger partial charge is 0.342 e. The lowest BCUT2D eigenvalue weighted by Crippen LogP contribution is -2.41. The van der Waals surface area contributed by atoms with Crippen molar-refractivity contribution in [2.45, 2.75) is 38.6 Å². The van der Waals surface area contributed by atoms with Crippen molar-refractivity contribution in [1.82, 2.24) is 5.32 Å². The van der Waals surface area contributed by atoms with Gasteiger partial charge in [0.2, 0.25) is 0 Å². The molecule has 3 nitrogen and oxygen atoms in total. The van der Waals surface area contributed by atoms with Gasteiger partial charge in [0.25, 0.3) is 5.91 Å². The van der Waals surface area contributed by atoms with Crippen LogP contribution in [0.25, 0.3) is 0 Å². The van der Waals surface area contributed by atoms with Gasteiger partial charge in [-0.05, 0) is 30.7 Å². The van der Waals surface area contributed by atoms with E-state index in [-0.39, 0.29) is 17.6 Å². The van der Waals surface area contributed by atoms with Crippen LogP contribution in [0.3, 0.4) is 0 Å². The van der Waals surface area contributed by atoms with E-state index in [9.17, 15) is 14.0 Å². The molecule has 1 atom stereocenters. The summed E-state index contributed by atoms with van der Waals surface area (Å²) >= 11 is 5.56. The van der Waals surface area contributed by atoms with E-state index in [0.717, 1.165) is 19.3 Å². The summed E-state index contributed by atoms with van der Waals surface area (Å²) in [6.07, 6.45) is 3.46. The molecule has 110 valence electrons. The van der Waals surface area contributed by atoms with Crippen molar-refractivity contribution in [3.05, 3.63) is 35.6 Å². The minimum absolute atomic E-state index is 0.125. The van der Waals surface area contributed by atoms with Gasteiger partial charge in [-0.2, -0.15) is 0 Å². The fourth-order valence-electron chi connectivity index (χ4n) is 1.85. The van der Waals surface area contributed by atoms with Gasteiger partial charge in [0, 0.05) is 5.56 Å². The third-order valence-corrected chi connectivity index (χ3v) is 3.29. The number of unbranched alkanes of at least 4 members (excludes halogenated alkanes) is 2. The minimum Gasteiger partial charge on any atom is -0.342 e. The van der Waals surface area contributed by atoms with Crippen LogP contribution < -0.4 is 5.32 Å². The average molecular weight is 300 g/mol. The number of halogens is 2. The van der Waals surface area contributed by atoms with Crippen LogP contribution >= 0.6 is 11.6 Å². The van der Waals surface area contributed by atoms with Crippen LogP contribution in [0.4, 0.5) is 4.39 Å². The summed E-state index contributed by atoms with van der Waals surface area (Å²) in [5, 5.41) is 2.67. The number of hydrogen-bond donors (Lipinski definition) is 1. The number of carbonyl (C=O) groups excluding carboxylic acids is 2. The standard InChI is InChI=1S/C15H19ClFNO2/c1-2-3-4-5-13(14(19)10-16)18-15(20)11-6-8-12(17)9-7-11/h6-9,13H,2-5,10H2,1H3,(H,18,20)/t13-/m0/s1. The van der Waals surface area contributed by atoms with Gasteiger partial charge in [-0.25, -0.2) is 4.39 Å². The Labute approximate surface area is 123 Å². The van der Waals surface area contributed by atoms with E-state index in [0.29, 0.717) is 12.0 Å². The van der Waals surface area contributed by atoms with Gasteiger partial charge in [-0.3, -0.25) is 9.59 Å². The lowest BCUT2D eigenvalue weighted by Gasteiger charge is -2.16. The van der Waals surface area contributed by atoms with Crippen LogP contribution in [0.15, 0.2) is 24.3 Å². The normalized spacial score (nSPS) is 11.9. The van der Waals surface area contributed by atoms with Gasteiger partial charge in [-0.1, -0.05) is 26.2 Å². The van der Waals surface area contributed by atoms with Gasteiger partial charge >= 0.3 is 0 Å². The van der Waals surface area contributed by atoms with Crippen LogP contribution in [-0.4, -0.2) is 23.6 Å². The molecule has 0 unspecified atom stereocenters. The summed E-state index contributed by atoms with van der Waals surface area (Å²) in [7, 11) is 0. The Balaban J connectivity index is 2.65. The molecule has 1 amide bonds. The number of amides is 1. The fraction of sp³-hybridized carbons (Fsp3) is 0.467. The van der Waals surface area contributed by atoms with Crippen LogP contribution in [0.2, 0.25) is 0 Å². The van der Waals surface area contributed by atoms with Crippen molar-refractivity contribution in [3.63, 3.8) is 0 Å². The SMILES string of the molecule is CCCCC[C@H](NC(=O)c1ccc(F)cc1)C(=O)CCl. The smallest absolute Gasteiger partial charge is 0.251 e. The Morgan fingerprint density at radius 1 is 1.25 bits per heavy atom. The first-order valence-corrected chi connectivity index (χ1v) is 7.27. The van der Waals surface area contributed by atoms with Crippen molar-refractivity contribution < 1.29 is 14.0 Å². The highest BCUT2D eigenvalue weighted by Crippen LogP contribution is 2.08. The van der Waals surface area contributed by atoms with Crippen LogP contribution in [0, 0.1) is 5.82 Å². The molecule has 0 saturated heterocycles. The van der Waals surface area contributed by atoms with E-state index in [4.69, 9.17) is 11.6 Å². The monoisotopic (exact) mass is 299 g/mol. The van der Waals surface area contributed by atoms with Crippen LogP contribution in [0.5, 0.6) is 0 Å². The number of rotatable bonds is 8. The van der Waals surface area contributed by atoms with Gasteiger partial charge in [0.05, 0.1) is 11.9 Å². The molecule has 1 rings (SSSR count). The second-order valence-corrected chi connectivity index (χ2v) is 4.90. The molecular weight excluding hydrogens is 281 g/mol. The van der Waals surface area contributed by atoms with E-state index in [2.05, 4.69) is 12.2 Å². The lowest BCUT2D eigenvalue weighted by atomic mass is 10.0. The van der Waals surface area contributed by atoms with Crippen LogP contribution in [-0.2, 0) is 4.79 Å². The first-order chi connectivity index (χ1) is 9.58. The maximum absolute atomic E-state index is 12.8. The molecule has 0 bridgehead atoms. The molecule has 0 fully saturated rings. The molecule has 1 aromatic carbocycles. The zero-order valence-corrected chi connectivity index (χ0v) is 12.3. The summed E-state index contributed by atoms with van der Waals surface area (Å²) in [5.41, 5.74) is 0.328. The Kier molecular flexibility index (Phi) is 7.23. The Morgan fingerprint density at radius 3 is 2.45 bits per heavy atom. The molecule has 20 heavy (non-hydrogen) atoms. The van der Waals surface area contributed by atoms with Gasteiger partial charge in [-0.15, -0.1) is 11.6 Å². The second-order valence-electron chi connectivity index (χ2n) is 4.63. The van der Waals surface area contributed by atoms with Crippen molar-refractivity contribution in [1.29, 1.82) is 0 Å². The van der Waals surface area contributed by atoms with E-state index in [1.165, 1.54) is 24.3 Å². The minimum atomic E-state index is -0.573. The number of alkyl halides is 1. The molecule has 0 aliphatic rings. The molecule has 5 heteroatoms. The predicted molar refractivity (Wildman–Crippen MR) is 77.5 cm³/mol. The average Bonchev–Trinajstić information content (AvgIpc) is 2.46. The zero-order chi connectivity index (χ0) is 15.0. The zero-order valence-electron chi connectivity index (χ0n) is 11.5. The molecule has 0 spiro atoms. The highest BCUT2D eigenvalue weighted by atomic mass is 35.5. The molecule has 0 aliphatic heterocycles. The summed E-state index contributed by atoms with van der Waals surface area (Å²) in [4.78, 5) is 23.7. The predicted octanol–water partition coefficient (Wildman–Crippen LogP) is 3.31. The Bertz CT molecular complexity index is 448. The number of carbonyl (C=O) groups is 2. The molecule has 0 radical (unpaired) electrons. The number of hydrogen-bond acceptors (Lipinski definition) is 2. The second kappa shape index (κ2) is 8.69. The van der Waals surface area contributed by atoms with Crippen molar-refractivity contribution in [2.75, 3.05) is 5.88 Å². The van der Waals surface area contributed by atoms with Crippen molar-refractivity contribution in [3.8, 4) is 0 Å². The lowest BCUT2D eigenvalue weighted by molar-refractivity contribution is -0.118. The Hall–Kier alpha value is -1.42. The third-order valence-electron chi connectivity index (χ3n) is 3.03. The third kappa shape index (κ3) is 5.29. The molecule has 1 N–H and O–H groups in total. The van der Waals surface area contributed by atoms with Gasteiger partial charge in [0.15, 0.2) is 5.78 Å². The molecule has 0 heterocycles. The fourth-order valence-corrected chi connectivity index (χ4v) is 2.03.